The van der Waals surface area contributed by atoms with Crippen molar-refractivity contribution < 1.29 is 0 Å². The summed E-state index contributed by atoms with van der Waals surface area (Å²) in [6.07, 6.45) is 4.69. The van der Waals surface area contributed by atoms with Gasteiger partial charge >= 0.3 is 0 Å². The second-order valence-electron chi connectivity index (χ2n) is 7.67. The minimum Gasteiger partial charge on any atom is -0.331 e. The molecule has 1 aromatic carbocycles. The van der Waals surface area contributed by atoms with Crippen LogP contribution in [0.5, 0.6) is 0 Å². The maximum atomic E-state index is 5.02. The van der Waals surface area contributed by atoms with Gasteiger partial charge in [-0.3, -0.25) is 9.97 Å². The first-order chi connectivity index (χ1) is 13.6. The molecule has 5 aromatic rings. The molecule has 1 unspecified atom stereocenters. The molecule has 0 radical (unpaired) electrons. The summed E-state index contributed by atoms with van der Waals surface area (Å²) in [5.74, 6) is 2.64. The van der Waals surface area contributed by atoms with Crippen LogP contribution in [0.4, 0.5) is 0 Å². The highest BCUT2D eigenvalue weighted by Gasteiger charge is 2.45. The molecule has 0 amide bonds. The number of pyridine rings is 1. The summed E-state index contributed by atoms with van der Waals surface area (Å²) in [5, 5.41) is 5.86. The second kappa shape index (κ2) is 5.34. The number of fused-ring (bicyclic) bond motifs is 4. The van der Waals surface area contributed by atoms with Crippen molar-refractivity contribution in [1.29, 1.82) is 0 Å². The zero-order valence-electron chi connectivity index (χ0n) is 16.0. The number of hydrogen-bond donors (Lipinski definition) is 0. The number of benzene rings is 1. The zero-order chi connectivity index (χ0) is 19.0. The summed E-state index contributed by atoms with van der Waals surface area (Å²) in [6.45, 7) is 3.98. The largest absolute Gasteiger partial charge is 0.331 e. The Kier molecular flexibility index (Phi) is 2.99. The van der Waals surface area contributed by atoms with Crippen LogP contribution in [0.3, 0.4) is 0 Å². The van der Waals surface area contributed by atoms with Gasteiger partial charge in [0, 0.05) is 36.7 Å². The molecule has 1 fully saturated rings. The van der Waals surface area contributed by atoms with Crippen LogP contribution in [0, 0.1) is 13.8 Å². The van der Waals surface area contributed by atoms with E-state index < -0.39 is 0 Å². The van der Waals surface area contributed by atoms with Crippen molar-refractivity contribution in [2.45, 2.75) is 32.1 Å². The van der Waals surface area contributed by atoms with E-state index in [9.17, 15) is 0 Å². The van der Waals surface area contributed by atoms with E-state index in [2.05, 4.69) is 39.8 Å². The topological polar surface area (TPSA) is 73.8 Å². The van der Waals surface area contributed by atoms with Gasteiger partial charge in [0.15, 0.2) is 11.5 Å². The molecule has 0 spiro atoms. The van der Waals surface area contributed by atoms with Gasteiger partial charge in [0.25, 0.3) is 0 Å². The Morgan fingerprint density at radius 3 is 2.79 bits per heavy atom. The smallest absolute Gasteiger partial charge is 0.177 e. The number of aromatic nitrogens is 7. The van der Waals surface area contributed by atoms with Crippen LogP contribution in [0.15, 0.2) is 36.7 Å². The van der Waals surface area contributed by atoms with Crippen LogP contribution in [0.1, 0.15) is 41.3 Å². The Morgan fingerprint density at radius 1 is 1.04 bits per heavy atom. The number of nitrogens with zero attached hydrogens (tertiary/aromatic N) is 7. The van der Waals surface area contributed by atoms with Crippen molar-refractivity contribution in [3.8, 4) is 0 Å². The SMILES string of the molecule is Cc1ncc(C)n2nc(C3C[C@H]3c3nc4c5cccnc5ccc4n3C)nc12. The molecule has 1 saturated carbocycles. The molecule has 28 heavy (non-hydrogen) atoms. The van der Waals surface area contributed by atoms with Crippen LogP contribution in [0.25, 0.3) is 27.6 Å². The van der Waals surface area contributed by atoms with E-state index in [1.165, 1.54) is 0 Å². The molecule has 0 N–H and O–H groups in total. The Bertz CT molecular complexity index is 1360. The van der Waals surface area contributed by atoms with Crippen molar-refractivity contribution in [3.63, 3.8) is 0 Å². The van der Waals surface area contributed by atoms with E-state index in [1.807, 2.05) is 36.8 Å². The van der Waals surface area contributed by atoms with E-state index in [0.717, 1.165) is 57.0 Å². The molecule has 138 valence electrons. The molecular weight excluding hydrogens is 350 g/mol. The quantitative estimate of drug-likeness (QED) is 0.476. The molecule has 0 bridgehead atoms. The Labute approximate surface area is 161 Å². The molecular formula is C21H19N7. The fourth-order valence-electron chi connectivity index (χ4n) is 4.19. The molecule has 6 rings (SSSR count). The lowest BCUT2D eigenvalue weighted by molar-refractivity contribution is 0.780. The van der Waals surface area contributed by atoms with Gasteiger partial charge in [-0.1, -0.05) is 0 Å². The van der Waals surface area contributed by atoms with Gasteiger partial charge in [-0.15, -0.1) is 0 Å². The molecule has 0 saturated heterocycles. The summed E-state index contributed by atoms with van der Waals surface area (Å²) in [4.78, 5) is 18.7. The van der Waals surface area contributed by atoms with Gasteiger partial charge in [0.05, 0.1) is 27.9 Å². The third-order valence-corrected chi connectivity index (χ3v) is 5.85. The number of aryl methyl sites for hydroxylation is 3. The third-order valence-electron chi connectivity index (χ3n) is 5.85. The Morgan fingerprint density at radius 2 is 1.93 bits per heavy atom. The standard InChI is InChI=1S/C21H19N7/c1-11-10-23-12(2)20-25-19(26-28(11)20)14-9-15(14)21-24-18-13-5-4-8-22-16(13)6-7-17(18)27(21)3/h4-8,10,14-15H,9H2,1-3H3/t14?,15-/m1/s1. The van der Waals surface area contributed by atoms with E-state index >= 15 is 0 Å². The molecule has 4 aromatic heterocycles. The summed E-state index contributed by atoms with van der Waals surface area (Å²) >= 11 is 0. The van der Waals surface area contributed by atoms with Gasteiger partial charge in [0.1, 0.15) is 5.82 Å². The highest BCUT2D eigenvalue weighted by atomic mass is 15.3. The Hall–Kier alpha value is -3.35. The highest BCUT2D eigenvalue weighted by molar-refractivity contribution is 6.02. The van der Waals surface area contributed by atoms with Gasteiger partial charge < -0.3 is 4.57 Å². The van der Waals surface area contributed by atoms with E-state index in [0.29, 0.717) is 11.8 Å². The average molecular weight is 369 g/mol. The van der Waals surface area contributed by atoms with E-state index in [-0.39, 0.29) is 0 Å². The first-order valence-electron chi connectivity index (χ1n) is 9.51. The summed E-state index contributed by atoms with van der Waals surface area (Å²) in [6, 6.07) is 8.24. The van der Waals surface area contributed by atoms with Crippen LogP contribution in [0.2, 0.25) is 0 Å². The van der Waals surface area contributed by atoms with Crippen molar-refractivity contribution >= 4 is 27.6 Å². The maximum Gasteiger partial charge on any atom is 0.177 e. The normalized spacial score (nSPS) is 19.1. The van der Waals surface area contributed by atoms with Crippen molar-refractivity contribution in [1.82, 2.24) is 34.1 Å². The van der Waals surface area contributed by atoms with E-state index in [1.54, 1.807) is 0 Å². The van der Waals surface area contributed by atoms with Crippen LogP contribution < -0.4 is 0 Å². The van der Waals surface area contributed by atoms with Crippen LogP contribution >= 0.6 is 0 Å². The maximum absolute atomic E-state index is 5.02. The summed E-state index contributed by atoms with van der Waals surface area (Å²) in [5.41, 5.74) is 5.89. The first kappa shape index (κ1) is 15.7. The number of imidazole rings is 1. The van der Waals surface area contributed by atoms with Crippen LogP contribution in [-0.2, 0) is 7.05 Å². The monoisotopic (exact) mass is 369 g/mol. The second-order valence-corrected chi connectivity index (χ2v) is 7.67. The molecule has 2 atom stereocenters. The zero-order valence-corrected chi connectivity index (χ0v) is 16.0. The molecule has 0 aliphatic heterocycles. The number of hydrogen-bond acceptors (Lipinski definition) is 5. The first-order valence-corrected chi connectivity index (χ1v) is 9.51. The van der Waals surface area contributed by atoms with Gasteiger partial charge in [-0.25, -0.2) is 14.5 Å². The minimum atomic E-state index is 0.304. The molecule has 7 heteroatoms. The van der Waals surface area contributed by atoms with Crippen LogP contribution in [-0.4, -0.2) is 34.1 Å². The average Bonchev–Trinajstić information content (AvgIpc) is 3.23. The van der Waals surface area contributed by atoms with Crippen molar-refractivity contribution in [3.05, 3.63) is 59.7 Å². The number of rotatable bonds is 2. The molecule has 7 nitrogen and oxygen atoms in total. The third kappa shape index (κ3) is 2.07. The van der Waals surface area contributed by atoms with Gasteiger partial charge in [-0.05, 0) is 44.5 Å². The fourth-order valence-corrected chi connectivity index (χ4v) is 4.19. The summed E-state index contributed by atoms with van der Waals surface area (Å²) < 4.78 is 4.11. The predicted octanol–water partition coefficient (Wildman–Crippen LogP) is 3.45. The highest BCUT2D eigenvalue weighted by Crippen LogP contribution is 2.53. The fraction of sp³-hybridized carbons (Fsp3) is 0.286. The molecule has 4 heterocycles. The van der Waals surface area contributed by atoms with Crippen molar-refractivity contribution in [2.75, 3.05) is 0 Å². The lowest BCUT2D eigenvalue weighted by Gasteiger charge is -2.01. The molecule has 1 aliphatic rings. The minimum absolute atomic E-state index is 0.304. The lowest BCUT2D eigenvalue weighted by Crippen LogP contribution is -1.98. The van der Waals surface area contributed by atoms with Crippen molar-refractivity contribution in [2.24, 2.45) is 7.05 Å². The Balaban J connectivity index is 1.44. The van der Waals surface area contributed by atoms with Gasteiger partial charge in [0.2, 0.25) is 0 Å². The predicted molar refractivity (Wildman–Crippen MR) is 106 cm³/mol. The lowest BCUT2D eigenvalue weighted by atomic mass is 10.2. The molecule has 1 aliphatic carbocycles. The van der Waals surface area contributed by atoms with E-state index in [4.69, 9.17) is 15.1 Å². The summed E-state index contributed by atoms with van der Waals surface area (Å²) in [7, 11) is 2.09. The van der Waals surface area contributed by atoms with Gasteiger partial charge in [-0.2, -0.15) is 5.10 Å².